The van der Waals surface area contributed by atoms with Gasteiger partial charge in [0.1, 0.15) is 5.75 Å². The lowest BCUT2D eigenvalue weighted by Crippen LogP contribution is -2.29. The Bertz CT molecular complexity index is 1010. The van der Waals surface area contributed by atoms with E-state index in [0.29, 0.717) is 30.5 Å². The number of carboxylic acid groups (broad SMARTS) is 1. The average molecular weight is 452 g/mol. The average Bonchev–Trinajstić information content (AvgIpc) is 3.41. The third-order valence-electron chi connectivity index (χ3n) is 6.57. The molecule has 0 aromatic heterocycles. The number of benzene rings is 2. The van der Waals surface area contributed by atoms with Crippen LogP contribution in [0.2, 0.25) is 0 Å². The molecule has 0 unspecified atom stereocenters. The van der Waals surface area contributed by atoms with Gasteiger partial charge in [-0.25, -0.2) is 0 Å². The predicted octanol–water partition coefficient (Wildman–Crippen LogP) is 5.26. The molecule has 0 saturated carbocycles. The highest BCUT2D eigenvalue weighted by molar-refractivity contribution is 5.74. The maximum atomic E-state index is 12.6. The van der Waals surface area contributed by atoms with Gasteiger partial charge in [0.2, 0.25) is 6.79 Å². The summed E-state index contributed by atoms with van der Waals surface area (Å²) in [4.78, 5) is 14.9. The van der Waals surface area contributed by atoms with E-state index in [1.54, 1.807) is 7.11 Å². The predicted molar refractivity (Wildman–Crippen MR) is 127 cm³/mol. The lowest BCUT2D eigenvalue weighted by molar-refractivity contribution is -0.143. The van der Waals surface area contributed by atoms with Crippen LogP contribution in [0.5, 0.6) is 17.2 Å². The highest BCUT2D eigenvalue weighted by Gasteiger charge is 2.47. The number of aliphatic carboxylic acids is 1. The number of fused-ring (bicyclic) bond motifs is 1. The Kier molecular flexibility index (Phi) is 6.94. The van der Waals surface area contributed by atoms with Crippen molar-refractivity contribution in [3.8, 4) is 17.2 Å². The maximum Gasteiger partial charge on any atom is 0.309 e. The number of methoxy groups -OCH3 is 1. The lowest BCUT2D eigenvalue weighted by atomic mass is 9.82. The Hall–Kier alpha value is -2.99. The second kappa shape index (κ2) is 9.87. The second-order valence-electron chi connectivity index (χ2n) is 9.40. The van der Waals surface area contributed by atoms with Crippen molar-refractivity contribution in [2.45, 2.75) is 39.2 Å². The first-order valence-electron chi connectivity index (χ1n) is 11.5. The van der Waals surface area contributed by atoms with Gasteiger partial charge in [-0.2, -0.15) is 0 Å². The Morgan fingerprint density at radius 3 is 2.52 bits per heavy atom. The van der Waals surface area contributed by atoms with Crippen LogP contribution in [0.4, 0.5) is 0 Å². The third-order valence-corrected chi connectivity index (χ3v) is 6.57. The largest absolute Gasteiger partial charge is 0.497 e. The molecule has 0 spiro atoms. The molecule has 1 fully saturated rings. The van der Waals surface area contributed by atoms with Crippen LogP contribution < -0.4 is 14.2 Å². The van der Waals surface area contributed by atoms with Crippen molar-refractivity contribution >= 4 is 5.97 Å². The summed E-state index contributed by atoms with van der Waals surface area (Å²) in [5, 5.41) is 10.4. The zero-order chi connectivity index (χ0) is 23.5. The van der Waals surface area contributed by atoms with Crippen molar-refractivity contribution in [3.05, 3.63) is 65.2 Å². The fourth-order valence-corrected chi connectivity index (χ4v) is 5.10. The first kappa shape index (κ1) is 23.2. The molecule has 3 atom stereocenters. The van der Waals surface area contributed by atoms with Crippen molar-refractivity contribution in [3.63, 3.8) is 0 Å². The van der Waals surface area contributed by atoms with Crippen molar-refractivity contribution < 1.29 is 24.1 Å². The maximum absolute atomic E-state index is 12.6. The Morgan fingerprint density at radius 1 is 1.15 bits per heavy atom. The van der Waals surface area contributed by atoms with E-state index < -0.39 is 11.9 Å². The molecule has 1 N–H and O–H groups in total. The molecule has 4 rings (SSSR count). The van der Waals surface area contributed by atoms with E-state index in [9.17, 15) is 9.90 Å². The minimum Gasteiger partial charge on any atom is -0.497 e. The standard InChI is InChI=1S/C27H33NO5/c1-17(2)13-18(3)11-12-28-15-22(20-7-10-23-24(14-20)33-16-32-23)25(27(29)30)26(28)19-5-8-21(31-4)9-6-19/h5-11,14,17,22,25-26H,12-13,15-16H2,1-4H3,(H,29,30)/b18-11+/t22-,25+,26-/m1/s1. The van der Waals surface area contributed by atoms with Crippen LogP contribution in [-0.2, 0) is 4.79 Å². The second-order valence-corrected chi connectivity index (χ2v) is 9.40. The number of ether oxygens (including phenoxy) is 3. The van der Waals surface area contributed by atoms with Gasteiger partial charge in [-0.15, -0.1) is 0 Å². The van der Waals surface area contributed by atoms with E-state index in [4.69, 9.17) is 14.2 Å². The monoisotopic (exact) mass is 451 g/mol. The highest BCUT2D eigenvalue weighted by Crippen LogP contribution is 2.47. The van der Waals surface area contributed by atoms with Crippen LogP contribution >= 0.6 is 0 Å². The summed E-state index contributed by atoms with van der Waals surface area (Å²) in [6.45, 7) is 8.14. The van der Waals surface area contributed by atoms with Gasteiger partial charge >= 0.3 is 5.97 Å². The van der Waals surface area contributed by atoms with E-state index >= 15 is 0 Å². The van der Waals surface area contributed by atoms with E-state index in [0.717, 1.165) is 23.3 Å². The van der Waals surface area contributed by atoms with Crippen molar-refractivity contribution in [2.24, 2.45) is 11.8 Å². The molecule has 6 nitrogen and oxygen atoms in total. The van der Waals surface area contributed by atoms with Gasteiger partial charge in [0.05, 0.1) is 13.0 Å². The summed E-state index contributed by atoms with van der Waals surface area (Å²) in [5.74, 6) is 1.20. The molecule has 2 heterocycles. The molecule has 0 aliphatic carbocycles. The number of likely N-dealkylation sites (tertiary alicyclic amines) is 1. The van der Waals surface area contributed by atoms with Gasteiger partial charge < -0.3 is 19.3 Å². The van der Waals surface area contributed by atoms with Crippen LogP contribution in [0.25, 0.3) is 0 Å². The lowest BCUT2D eigenvalue weighted by Gasteiger charge is -2.27. The fourth-order valence-electron chi connectivity index (χ4n) is 5.10. The number of carboxylic acids is 1. The van der Waals surface area contributed by atoms with Gasteiger partial charge in [0, 0.05) is 25.0 Å². The third kappa shape index (κ3) is 5.01. The molecular formula is C27H33NO5. The van der Waals surface area contributed by atoms with Crippen LogP contribution in [0.3, 0.4) is 0 Å². The number of nitrogens with zero attached hydrogens (tertiary/aromatic N) is 1. The Morgan fingerprint density at radius 2 is 1.85 bits per heavy atom. The zero-order valence-corrected chi connectivity index (χ0v) is 19.8. The van der Waals surface area contributed by atoms with Crippen LogP contribution in [0, 0.1) is 11.8 Å². The number of allylic oxidation sites excluding steroid dienone is 1. The number of carbonyl (C=O) groups is 1. The molecule has 2 aromatic rings. The minimum absolute atomic E-state index is 0.164. The first-order valence-corrected chi connectivity index (χ1v) is 11.5. The summed E-state index contributed by atoms with van der Waals surface area (Å²) in [5.41, 5.74) is 3.29. The molecule has 176 valence electrons. The zero-order valence-electron chi connectivity index (χ0n) is 19.8. The van der Waals surface area contributed by atoms with Gasteiger partial charge in [0.15, 0.2) is 11.5 Å². The van der Waals surface area contributed by atoms with Gasteiger partial charge in [-0.1, -0.05) is 43.7 Å². The van der Waals surface area contributed by atoms with Gasteiger partial charge in [-0.05, 0) is 54.7 Å². The molecule has 6 heteroatoms. The van der Waals surface area contributed by atoms with Crippen LogP contribution in [0.1, 0.15) is 50.3 Å². The summed E-state index contributed by atoms with van der Waals surface area (Å²) in [7, 11) is 1.63. The molecule has 0 radical (unpaired) electrons. The Labute approximate surface area is 195 Å². The van der Waals surface area contributed by atoms with Crippen molar-refractivity contribution in [1.29, 1.82) is 0 Å². The molecule has 1 saturated heterocycles. The summed E-state index contributed by atoms with van der Waals surface area (Å²) >= 11 is 0. The molecule has 2 aromatic carbocycles. The summed E-state index contributed by atoms with van der Waals surface area (Å²) < 4.78 is 16.3. The van der Waals surface area contributed by atoms with Gasteiger partial charge in [0.25, 0.3) is 0 Å². The Balaban J connectivity index is 1.70. The van der Waals surface area contributed by atoms with E-state index in [2.05, 4.69) is 31.7 Å². The van der Waals surface area contributed by atoms with E-state index in [1.165, 1.54) is 5.57 Å². The summed E-state index contributed by atoms with van der Waals surface area (Å²) in [6, 6.07) is 13.3. The molecule has 0 amide bonds. The summed E-state index contributed by atoms with van der Waals surface area (Å²) in [6.07, 6.45) is 3.28. The van der Waals surface area contributed by atoms with Crippen LogP contribution in [0.15, 0.2) is 54.1 Å². The molecule has 33 heavy (non-hydrogen) atoms. The van der Waals surface area contributed by atoms with Crippen molar-refractivity contribution in [2.75, 3.05) is 27.0 Å². The normalized spacial score (nSPS) is 22.7. The topological polar surface area (TPSA) is 68.2 Å². The number of rotatable bonds is 8. The van der Waals surface area contributed by atoms with E-state index in [-0.39, 0.29) is 18.8 Å². The number of hydrogen-bond acceptors (Lipinski definition) is 5. The molecule has 0 bridgehead atoms. The van der Waals surface area contributed by atoms with Crippen molar-refractivity contribution in [1.82, 2.24) is 4.90 Å². The minimum atomic E-state index is -0.788. The smallest absolute Gasteiger partial charge is 0.309 e. The molecular weight excluding hydrogens is 418 g/mol. The quantitative estimate of drug-likeness (QED) is 0.553. The molecule has 2 aliphatic heterocycles. The van der Waals surface area contributed by atoms with Crippen LogP contribution in [-0.4, -0.2) is 43.0 Å². The molecule has 2 aliphatic rings. The number of hydrogen-bond donors (Lipinski definition) is 1. The SMILES string of the molecule is COc1ccc([C@@H]2[C@@H](C(=O)O)[C@@H](c3ccc4c(c3)OCO4)CN2C/C=C(\C)CC(C)C)cc1. The highest BCUT2D eigenvalue weighted by atomic mass is 16.7. The first-order chi connectivity index (χ1) is 15.9. The van der Waals surface area contributed by atoms with Gasteiger partial charge in [-0.3, -0.25) is 9.69 Å². The fraction of sp³-hybridized carbons (Fsp3) is 0.444. The van der Waals surface area contributed by atoms with E-state index in [1.807, 2.05) is 42.5 Å².